The molecule has 0 bridgehead atoms. The molecular weight excluding hydrogens is 298 g/mol. The largest absolute Gasteiger partial charge is 0.398 e. The van der Waals surface area contributed by atoms with Crippen LogP contribution >= 0.6 is 23.4 Å². The van der Waals surface area contributed by atoms with E-state index in [2.05, 4.69) is 10.6 Å². The molecule has 0 spiro atoms. The number of nitrogens with one attached hydrogen (secondary N) is 2. The van der Waals surface area contributed by atoms with Crippen LogP contribution in [0.1, 0.15) is 19.8 Å². The van der Waals surface area contributed by atoms with E-state index in [0.29, 0.717) is 17.3 Å². The van der Waals surface area contributed by atoms with Crippen LogP contribution in [0.2, 0.25) is 5.02 Å². The summed E-state index contributed by atoms with van der Waals surface area (Å²) in [5, 5.41) is 5.33. The molecule has 0 aliphatic rings. The number of benzene rings is 1. The molecule has 0 unspecified atom stereocenters. The van der Waals surface area contributed by atoms with Gasteiger partial charge in [0.1, 0.15) is 0 Å². The Kier molecular flexibility index (Phi) is 7.25. The van der Waals surface area contributed by atoms with E-state index in [1.165, 1.54) is 11.8 Å². The number of carbonyl (C=O) groups excluding carboxylic acids is 2. The van der Waals surface area contributed by atoms with Crippen LogP contribution in [-0.4, -0.2) is 24.2 Å². The summed E-state index contributed by atoms with van der Waals surface area (Å²) in [5.41, 5.74) is 6.09. The lowest BCUT2D eigenvalue weighted by atomic mass is 10.3. The number of unbranched alkanes of at least 4 members (excludes halogenated alkanes) is 1. The summed E-state index contributed by atoms with van der Waals surface area (Å²) >= 11 is 7.17. The lowest BCUT2D eigenvalue weighted by molar-refractivity contribution is -0.117. The zero-order valence-corrected chi connectivity index (χ0v) is 12.8. The van der Waals surface area contributed by atoms with Crippen molar-refractivity contribution in [3.8, 4) is 0 Å². The predicted octanol–water partition coefficient (Wildman–Crippen LogP) is 2.64. The zero-order chi connectivity index (χ0) is 15.0. The van der Waals surface area contributed by atoms with E-state index in [0.717, 1.165) is 17.7 Å². The van der Waals surface area contributed by atoms with Crippen molar-refractivity contribution in [2.45, 2.75) is 24.7 Å². The van der Waals surface area contributed by atoms with Crippen molar-refractivity contribution in [2.24, 2.45) is 0 Å². The third-order valence-electron chi connectivity index (χ3n) is 2.41. The van der Waals surface area contributed by atoms with E-state index in [9.17, 15) is 9.59 Å². The Balaban J connectivity index is 2.32. The lowest BCUT2D eigenvalue weighted by Gasteiger charge is -2.06. The molecule has 0 fully saturated rings. The molecule has 110 valence electrons. The summed E-state index contributed by atoms with van der Waals surface area (Å²) in [6.07, 6.45) is 1.88. The molecule has 0 heterocycles. The SMILES string of the molecule is CCCCNC(=O)NC(=O)CSc1ccc(N)c(Cl)c1. The maximum atomic E-state index is 11.6. The fourth-order valence-corrected chi connectivity index (χ4v) is 2.31. The van der Waals surface area contributed by atoms with Crippen LogP contribution in [0.4, 0.5) is 10.5 Å². The van der Waals surface area contributed by atoms with Gasteiger partial charge in [-0.25, -0.2) is 4.79 Å². The molecule has 0 atom stereocenters. The van der Waals surface area contributed by atoms with Gasteiger partial charge in [-0.2, -0.15) is 0 Å². The van der Waals surface area contributed by atoms with E-state index < -0.39 is 6.03 Å². The van der Waals surface area contributed by atoms with Crippen LogP contribution in [0.3, 0.4) is 0 Å². The van der Waals surface area contributed by atoms with E-state index in [-0.39, 0.29) is 11.7 Å². The van der Waals surface area contributed by atoms with E-state index in [4.69, 9.17) is 17.3 Å². The number of nitrogens with two attached hydrogens (primary N) is 1. The predicted molar refractivity (Wildman–Crippen MR) is 83.0 cm³/mol. The molecule has 20 heavy (non-hydrogen) atoms. The van der Waals surface area contributed by atoms with Crippen molar-refractivity contribution >= 4 is 41.0 Å². The van der Waals surface area contributed by atoms with E-state index in [1.54, 1.807) is 18.2 Å². The topological polar surface area (TPSA) is 84.2 Å². The molecule has 7 heteroatoms. The van der Waals surface area contributed by atoms with Crippen LogP contribution in [0, 0.1) is 0 Å². The summed E-state index contributed by atoms with van der Waals surface area (Å²) in [6.45, 7) is 2.59. The Morgan fingerprint density at radius 3 is 2.80 bits per heavy atom. The van der Waals surface area contributed by atoms with Gasteiger partial charge < -0.3 is 11.1 Å². The Bertz CT molecular complexity index is 483. The first-order chi connectivity index (χ1) is 9.52. The molecule has 0 aliphatic carbocycles. The van der Waals surface area contributed by atoms with Gasteiger partial charge in [-0.15, -0.1) is 11.8 Å². The molecule has 4 N–H and O–H groups in total. The number of imide groups is 1. The second-order valence-electron chi connectivity index (χ2n) is 4.13. The van der Waals surface area contributed by atoms with E-state index >= 15 is 0 Å². The van der Waals surface area contributed by atoms with Gasteiger partial charge in [-0.05, 0) is 24.6 Å². The van der Waals surface area contributed by atoms with Crippen LogP contribution in [0.15, 0.2) is 23.1 Å². The van der Waals surface area contributed by atoms with Gasteiger partial charge >= 0.3 is 6.03 Å². The van der Waals surface area contributed by atoms with Gasteiger partial charge in [0.05, 0.1) is 16.5 Å². The molecule has 0 saturated carbocycles. The quantitative estimate of drug-likeness (QED) is 0.428. The standard InChI is InChI=1S/C13H18ClN3O2S/c1-2-3-6-16-13(19)17-12(18)8-20-9-4-5-11(15)10(14)7-9/h4-5,7H,2-3,6,8,15H2,1H3,(H2,16,17,18,19). The first-order valence-electron chi connectivity index (χ1n) is 6.28. The highest BCUT2D eigenvalue weighted by Gasteiger charge is 2.08. The van der Waals surface area contributed by atoms with Crippen LogP contribution < -0.4 is 16.4 Å². The fourth-order valence-electron chi connectivity index (χ4n) is 1.33. The number of anilines is 1. The first-order valence-corrected chi connectivity index (χ1v) is 7.64. The maximum absolute atomic E-state index is 11.6. The highest BCUT2D eigenvalue weighted by molar-refractivity contribution is 8.00. The third kappa shape index (κ3) is 6.16. The number of hydrogen-bond donors (Lipinski definition) is 3. The molecule has 3 amide bonds. The highest BCUT2D eigenvalue weighted by Crippen LogP contribution is 2.26. The molecule has 0 aliphatic heterocycles. The molecule has 5 nitrogen and oxygen atoms in total. The minimum Gasteiger partial charge on any atom is -0.398 e. The van der Waals surface area contributed by atoms with Gasteiger partial charge in [0.15, 0.2) is 0 Å². The number of halogens is 1. The summed E-state index contributed by atoms with van der Waals surface area (Å²) in [4.78, 5) is 23.7. The van der Waals surface area contributed by atoms with Crippen molar-refractivity contribution in [3.63, 3.8) is 0 Å². The number of nitrogen functional groups attached to an aromatic ring is 1. The van der Waals surface area contributed by atoms with Crippen LogP contribution in [0.5, 0.6) is 0 Å². The van der Waals surface area contributed by atoms with Crippen molar-refractivity contribution in [1.82, 2.24) is 10.6 Å². The smallest absolute Gasteiger partial charge is 0.321 e. The number of hydrogen-bond acceptors (Lipinski definition) is 4. The average molecular weight is 316 g/mol. The van der Waals surface area contributed by atoms with Gasteiger partial charge in [0, 0.05) is 11.4 Å². The van der Waals surface area contributed by atoms with Gasteiger partial charge in [-0.3, -0.25) is 10.1 Å². The molecule has 0 aromatic heterocycles. The van der Waals surface area contributed by atoms with Gasteiger partial charge in [-0.1, -0.05) is 24.9 Å². The third-order valence-corrected chi connectivity index (χ3v) is 3.73. The zero-order valence-electron chi connectivity index (χ0n) is 11.2. The maximum Gasteiger partial charge on any atom is 0.321 e. The second kappa shape index (κ2) is 8.71. The number of amides is 3. The highest BCUT2D eigenvalue weighted by atomic mass is 35.5. The summed E-state index contributed by atoms with van der Waals surface area (Å²) < 4.78 is 0. The Hall–Kier alpha value is -1.40. The molecule has 0 radical (unpaired) electrons. The van der Waals surface area contributed by atoms with Crippen molar-refractivity contribution in [3.05, 3.63) is 23.2 Å². The lowest BCUT2D eigenvalue weighted by Crippen LogP contribution is -2.40. The van der Waals surface area contributed by atoms with Crippen molar-refractivity contribution in [2.75, 3.05) is 18.0 Å². The molecule has 1 rings (SSSR count). The summed E-state index contributed by atoms with van der Waals surface area (Å²) in [6, 6.07) is 4.69. The van der Waals surface area contributed by atoms with Crippen LogP contribution in [0.25, 0.3) is 0 Å². The minimum absolute atomic E-state index is 0.140. The molecule has 1 aromatic rings. The second-order valence-corrected chi connectivity index (χ2v) is 5.59. The van der Waals surface area contributed by atoms with Crippen LogP contribution in [-0.2, 0) is 4.79 Å². The monoisotopic (exact) mass is 315 g/mol. The van der Waals surface area contributed by atoms with E-state index in [1.807, 2.05) is 6.92 Å². The number of rotatable bonds is 6. The summed E-state index contributed by atoms with van der Waals surface area (Å²) in [7, 11) is 0. The normalized spacial score (nSPS) is 10.1. The first kappa shape index (κ1) is 16.7. The molecule has 0 saturated heterocycles. The minimum atomic E-state index is -0.459. The van der Waals surface area contributed by atoms with Gasteiger partial charge in [0.2, 0.25) is 5.91 Å². The number of urea groups is 1. The Labute approximate surface area is 127 Å². The number of thioether (sulfide) groups is 1. The fraction of sp³-hybridized carbons (Fsp3) is 0.385. The Morgan fingerprint density at radius 2 is 2.15 bits per heavy atom. The van der Waals surface area contributed by atoms with Crippen molar-refractivity contribution in [1.29, 1.82) is 0 Å². The number of carbonyl (C=O) groups is 2. The van der Waals surface area contributed by atoms with Gasteiger partial charge in [0.25, 0.3) is 0 Å². The summed E-state index contributed by atoms with van der Waals surface area (Å²) in [5.74, 6) is -0.210. The average Bonchev–Trinajstić information content (AvgIpc) is 2.40. The Morgan fingerprint density at radius 1 is 1.40 bits per heavy atom. The van der Waals surface area contributed by atoms with Crippen molar-refractivity contribution < 1.29 is 9.59 Å². The molecular formula is C13H18ClN3O2S. The molecule has 1 aromatic carbocycles.